The van der Waals surface area contributed by atoms with E-state index in [0.29, 0.717) is 38.5 Å². The molecular weight excluding hydrogens is 487 g/mol. The molecule has 0 radical (unpaired) electrons. The molecule has 2 aliphatic heterocycles. The van der Waals surface area contributed by atoms with Gasteiger partial charge in [0.15, 0.2) is 0 Å². The molecule has 0 spiro atoms. The number of hydrogen-bond donors (Lipinski definition) is 0. The van der Waals surface area contributed by atoms with Gasteiger partial charge in [-0.2, -0.15) is 0 Å². The maximum Gasteiger partial charge on any atom is 0.409 e. The van der Waals surface area contributed by atoms with Gasteiger partial charge < -0.3 is 14.5 Å². The number of halogens is 1. The Balaban J connectivity index is 1.42. The summed E-state index contributed by atoms with van der Waals surface area (Å²) < 4.78 is 19.5. The summed E-state index contributed by atoms with van der Waals surface area (Å²) in [6.07, 6.45) is 4.84. The van der Waals surface area contributed by atoms with Crippen LogP contribution < -0.4 is 9.80 Å². The van der Waals surface area contributed by atoms with E-state index in [2.05, 4.69) is 0 Å². The molecule has 1 unspecified atom stereocenters. The van der Waals surface area contributed by atoms with Crippen LogP contribution in [0.5, 0.6) is 0 Å². The van der Waals surface area contributed by atoms with E-state index in [0.717, 1.165) is 36.9 Å². The van der Waals surface area contributed by atoms with Crippen molar-refractivity contribution in [3.8, 4) is 0 Å². The maximum absolute atomic E-state index is 14.4. The van der Waals surface area contributed by atoms with Crippen molar-refractivity contribution < 1.29 is 23.5 Å². The van der Waals surface area contributed by atoms with Gasteiger partial charge in [-0.05, 0) is 44.0 Å². The Hall–Kier alpha value is -3.46. The molecule has 1 atom stereocenters. The van der Waals surface area contributed by atoms with Crippen LogP contribution >= 0.6 is 0 Å². The first-order valence-electron chi connectivity index (χ1n) is 13.6. The average Bonchev–Trinajstić information content (AvgIpc) is 3.21. The van der Waals surface area contributed by atoms with Crippen LogP contribution in [0.25, 0.3) is 0 Å². The zero-order chi connectivity index (χ0) is 26.6. The molecule has 3 amide bonds. The van der Waals surface area contributed by atoms with Gasteiger partial charge in [0.1, 0.15) is 11.9 Å². The second-order valence-electron chi connectivity index (χ2n) is 10.2. The van der Waals surface area contributed by atoms with Crippen LogP contribution in [-0.2, 0) is 14.3 Å². The normalized spacial score (nSPS) is 20.4. The van der Waals surface area contributed by atoms with Crippen LogP contribution in [0.2, 0.25) is 0 Å². The van der Waals surface area contributed by atoms with E-state index in [1.807, 2.05) is 34.1 Å². The van der Waals surface area contributed by atoms with Crippen LogP contribution in [0, 0.1) is 5.82 Å². The number of hydrogen-bond acceptors (Lipinski definition) is 5. The van der Waals surface area contributed by atoms with Gasteiger partial charge in [-0.3, -0.25) is 19.4 Å². The van der Waals surface area contributed by atoms with Gasteiger partial charge in [-0.15, -0.1) is 0 Å². The minimum atomic E-state index is -0.858. The molecule has 8 nitrogen and oxygen atoms in total. The minimum Gasteiger partial charge on any atom is -0.450 e. The van der Waals surface area contributed by atoms with Gasteiger partial charge in [-0.1, -0.05) is 43.5 Å². The van der Waals surface area contributed by atoms with Crippen molar-refractivity contribution >= 4 is 29.3 Å². The molecule has 2 aromatic rings. The summed E-state index contributed by atoms with van der Waals surface area (Å²) >= 11 is 0. The fraction of sp³-hybridized carbons (Fsp3) is 0.483. The summed E-state index contributed by atoms with van der Waals surface area (Å²) in [5.74, 6) is -0.882. The number of rotatable bonds is 6. The Kier molecular flexibility index (Phi) is 7.93. The zero-order valence-electron chi connectivity index (χ0n) is 21.9. The van der Waals surface area contributed by atoms with Crippen LogP contribution in [0.1, 0.15) is 50.6 Å². The smallest absolute Gasteiger partial charge is 0.409 e. The summed E-state index contributed by atoms with van der Waals surface area (Å²) in [4.78, 5) is 47.1. The molecule has 38 heavy (non-hydrogen) atoms. The fourth-order valence-electron chi connectivity index (χ4n) is 5.92. The highest BCUT2D eigenvalue weighted by Gasteiger charge is 2.46. The van der Waals surface area contributed by atoms with E-state index < -0.39 is 11.9 Å². The highest BCUT2D eigenvalue weighted by atomic mass is 19.1. The number of carbonyl (C=O) groups is 3. The first-order valence-corrected chi connectivity index (χ1v) is 13.6. The maximum atomic E-state index is 14.4. The molecule has 0 bridgehead atoms. The SMILES string of the molecule is CCOC(=O)N1CCN(CC(=O)N(c2cccc(F)c2)C2C(=O)N(C3CCCCC3)c3ccccc32)CC1. The number of amides is 3. The lowest BCUT2D eigenvalue weighted by atomic mass is 9.94. The number of nitrogens with zero attached hydrogens (tertiary/aromatic N) is 4. The molecule has 202 valence electrons. The van der Waals surface area contributed by atoms with E-state index in [4.69, 9.17) is 4.74 Å². The largest absolute Gasteiger partial charge is 0.450 e. The molecule has 1 saturated heterocycles. The number of benzene rings is 2. The van der Waals surface area contributed by atoms with Gasteiger partial charge >= 0.3 is 6.09 Å². The molecule has 0 aromatic heterocycles. The third kappa shape index (κ3) is 5.25. The average molecular weight is 523 g/mol. The molecule has 3 aliphatic rings. The Morgan fingerprint density at radius 2 is 1.74 bits per heavy atom. The topological polar surface area (TPSA) is 73.4 Å². The van der Waals surface area contributed by atoms with E-state index in [9.17, 15) is 18.8 Å². The molecule has 2 aromatic carbocycles. The van der Waals surface area contributed by atoms with Gasteiger partial charge in [0.05, 0.1) is 13.2 Å². The van der Waals surface area contributed by atoms with Crippen molar-refractivity contribution in [2.75, 3.05) is 49.1 Å². The predicted octanol–water partition coefficient (Wildman–Crippen LogP) is 4.35. The van der Waals surface area contributed by atoms with Crippen LogP contribution in [0.15, 0.2) is 48.5 Å². The number of anilines is 2. The molecule has 0 N–H and O–H groups in total. The van der Waals surface area contributed by atoms with Gasteiger partial charge in [0, 0.05) is 49.2 Å². The van der Waals surface area contributed by atoms with Crippen molar-refractivity contribution in [3.63, 3.8) is 0 Å². The van der Waals surface area contributed by atoms with E-state index in [1.54, 1.807) is 24.0 Å². The van der Waals surface area contributed by atoms with E-state index in [-0.39, 0.29) is 30.5 Å². The van der Waals surface area contributed by atoms with Crippen molar-refractivity contribution in [3.05, 3.63) is 59.9 Å². The Morgan fingerprint density at radius 1 is 1.00 bits per heavy atom. The lowest BCUT2D eigenvalue weighted by Gasteiger charge is -2.36. The monoisotopic (exact) mass is 522 g/mol. The number of carbonyl (C=O) groups excluding carboxylic acids is 3. The lowest BCUT2D eigenvalue weighted by molar-refractivity contribution is -0.125. The number of piperazine rings is 1. The van der Waals surface area contributed by atoms with E-state index >= 15 is 0 Å². The highest BCUT2D eigenvalue weighted by molar-refractivity contribution is 6.12. The highest BCUT2D eigenvalue weighted by Crippen LogP contribution is 2.44. The Labute approximate surface area is 222 Å². The second-order valence-corrected chi connectivity index (χ2v) is 10.2. The first kappa shape index (κ1) is 26.2. The molecule has 5 rings (SSSR count). The van der Waals surface area contributed by atoms with Gasteiger partial charge in [0.2, 0.25) is 5.91 Å². The summed E-state index contributed by atoms with van der Waals surface area (Å²) in [5, 5.41) is 0. The molecule has 1 aliphatic carbocycles. The van der Waals surface area contributed by atoms with Gasteiger partial charge in [0.25, 0.3) is 5.91 Å². The third-order valence-electron chi connectivity index (χ3n) is 7.77. The quantitative estimate of drug-likeness (QED) is 0.564. The number of ether oxygens (including phenoxy) is 1. The van der Waals surface area contributed by atoms with Crippen molar-refractivity contribution in [1.29, 1.82) is 0 Å². The second kappa shape index (κ2) is 11.5. The number of para-hydroxylation sites is 1. The first-order chi connectivity index (χ1) is 18.5. The standard InChI is InChI=1S/C29H35FN4O4/c1-2-38-29(37)32-17-15-31(16-18-32)20-26(35)34(23-12-8-9-21(30)19-23)27-24-13-6-7-14-25(24)33(28(27)36)22-10-4-3-5-11-22/h6-9,12-14,19,22,27H,2-5,10-11,15-18,20H2,1H3. The molecule has 1 saturated carbocycles. The zero-order valence-corrected chi connectivity index (χ0v) is 21.9. The van der Waals surface area contributed by atoms with Crippen LogP contribution in [-0.4, -0.2) is 73.1 Å². The predicted molar refractivity (Wildman–Crippen MR) is 142 cm³/mol. The van der Waals surface area contributed by atoms with Crippen molar-refractivity contribution in [1.82, 2.24) is 9.80 Å². The third-order valence-corrected chi connectivity index (χ3v) is 7.77. The Morgan fingerprint density at radius 3 is 2.45 bits per heavy atom. The Bertz CT molecular complexity index is 1180. The number of fused-ring (bicyclic) bond motifs is 1. The summed E-state index contributed by atoms with van der Waals surface area (Å²) in [6, 6.07) is 12.8. The van der Waals surface area contributed by atoms with Crippen molar-refractivity contribution in [2.24, 2.45) is 0 Å². The molecule has 2 heterocycles. The summed E-state index contributed by atoms with van der Waals surface area (Å²) in [7, 11) is 0. The van der Waals surface area contributed by atoms with Crippen molar-refractivity contribution in [2.45, 2.75) is 51.1 Å². The van der Waals surface area contributed by atoms with Crippen LogP contribution in [0.4, 0.5) is 20.6 Å². The molecule has 9 heteroatoms. The summed E-state index contributed by atoms with van der Waals surface area (Å²) in [5.41, 5.74) is 1.97. The lowest BCUT2D eigenvalue weighted by Crippen LogP contribution is -2.53. The van der Waals surface area contributed by atoms with Crippen LogP contribution in [0.3, 0.4) is 0 Å². The fourth-order valence-corrected chi connectivity index (χ4v) is 5.92. The van der Waals surface area contributed by atoms with Gasteiger partial charge in [-0.25, -0.2) is 9.18 Å². The van der Waals surface area contributed by atoms with E-state index in [1.165, 1.54) is 23.5 Å². The molecular formula is C29H35FN4O4. The minimum absolute atomic E-state index is 0.0581. The summed E-state index contributed by atoms with van der Waals surface area (Å²) in [6.45, 7) is 4.05. The molecule has 2 fully saturated rings.